The van der Waals surface area contributed by atoms with Gasteiger partial charge in [-0.3, -0.25) is 4.98 Å². The molecular formula is C35H35F4N7O4S. The van der Waals surface area contributed by atoms with Crippen LogP contribution in [0.15, 0.2) is 102 Å². The third-order valence-corrected chi connectivity index (χ3v) is 10.3. The number of nitrogens with one attached hydrogen (secondary N) is 3. The minimum absolute atomic E-state index is 0.0534. The summed E-state index contributed by atoms with van der Waals surface area (Å²) in [5, 5.41) is 18.2. The molecule has 1 aliphatic rings. The van der Waals surface area contributed by atoms with Crippen LogP contribution in [0.25, 0.3) is 10.9 Å². The number of halogens is 4. The second-order valence-corrected chi connectivity index (χ2v) is 13.7. The first-order valence-corrected chi connectivity index (χ1v) is 17.3. The van der Waals surface area contributed by atoms with Crippen LogP contribution >= 0.6 is 0 Å². The Kier molecular flexibility index (Phi) is 11.8. The minimum atomic E-state index is -5.08. The van der Waals surface area contributed by atoms with Crippen molar-refractivity contribution in [1.82, 2.24) is 24.6 Å². The summed E-state index contributed by atoms with van der Waals surface area (Å²) in [5.41, 5.74) is 3.55. The minimum Gasteiger partial charge on any atom is -0.475 e. The van der Waals surface area contributed by atoms with E-state index in [0.717, 1.165) is 43.1 Å². The number of hydrogen-bond acceptors (Lipinski definition) is 9. The molecule has 51 heavy (non-hydrogen) atoms. The first kappa shape index (κ1) is 37.1. The number of carbonyl (C=O) groups is 1. The summed E-state index contributed by atoms with van der Waals surface area (Å²) in [7, 11) is -1.98. The molecule has 1 aliphatic carbocycles. The van der Waals surface area contributed by atoms with E-state index >= 15 is 0 Å². The molecule has 0 atom stereocenters. The Hall–Kier alpha value is -5.19. The maximum absolute atomic E-state index is 13.5. The van der Waals surface area contributed by atoms with Crippen molar-refractivity contribution in [2.75, 3.05) is 17.7 Å². The molecule has 0 bridgehead atoms. The van der Waals surface area contributed by atoms with Crippen molar-refractivity contribution in [3.8, 4) is 0 Å². The molecule has 2 heterocycles. The highest BCUT2D eigenvalue weighted by atomic mass is 32.2. The van der Waals surface area contributed by atoms with Gasteiger partial charge in [-0.1, -0.05) is 18.2 Å². The molecule has 1 fully saturated rings. The Morgan fingerprint density at radius 2 is 1.51 bits per heavy atom. The van der Waals surface area contributed by atoms with Crippen LogP contribution in [0.3, 0.4) is 0 Å². The number of alkyl halides is 3. The number of fused-ring (bicyclic) bond motifs is 1. The molecule has 0 radical (unpaired) electrons. The molecule has 11 nitrogen and oxygen atoms in total. The predicted octanol–water partition coefficient (Wildman–Crippen LogP) is 7.01. The number of carboxylic acid groups (broad SMARTS) is 1. The number of pyridine rings is 1. The maximum atomic E-state index is 13.5. The van der Waals surface area contributed by atoms with Crippen molar-refractivity contribution in [3.63, 3.8) is 0 Å². The standard InChI is InChI=1S/C33H34FN7O2S.C2HF3O2/c1-41(28-15-11-25(12-16-28)37-22-23-4-2-6-31-30(23)5-3-20-35-31)44(42,43)29-17-13-27(14-18-29)39-33-36-21-19-32(40-33)38-26-9-7-24(34)8-10-26;3-2(4,5)1(6)7/h2-10,13-14,17-21,25,28,37H,11-12,15-16,22H2,1H3,(H2,36,38,39,40);(H,6,7). The van der Waals surface area contributed by atoms with Gasteiger partial charge in [0.15, 0.2) is 0 Å². The zero-order chi connectivity index (χ0) is 36.6. The third-order valence-electron chi connectivity index (χ3n) is 8.33. The van der Waals surface area contributed by atoms with Crippen molar-refractivity contribution in [2.45, 2.75) is 55.4 Å². The second-order valence-electron chi connectivity index (χ2n) is 11.7. The highest BCUT2D eigenvalue weighted by Crippen LogP contribution is 2.28. The van der Waals surface area contributed by atoms with Gasteiger partial charge in [0.1, 0.15) is 11.6 Å². The number of hydrogen-bond donors (Lipinski definition) is 4. The number of carboxylic acids is 1. The summed E-state index contributed by atoms with van der Waals surface area (Å²) in [6, 6.07) is 24.8. The topological polar surface area (TPSA) is 149 Å². The van der Waals surface area contributed by atoms with E-state index in [1.165, 1.54) is 22.0 Å². The second kappa shape index (κ2) is 16.2. The quantitative estimate of drug-likeness (QED) is 0.111. The molecule has 0 amide bonds. The summed E-state index contributed by atoms with van der Waals surface area (Å²) in [6.45, 7) is 0.757. The van der Waals surface area contributed by atoms with Gasteiger partial charge in [-0.15, -0.1) is 0 Å². The van der Waals surface area contributed by atoms with Crippen LogP contribution in [-0.2, 0) is 21.4 Å². The highest BCUT2D eigenvalue weighted by Gasteiger charge is 2.38. The van der Waals surface area contributed by atoms with Crippen molar-refractivity contribution >= 4 is 50.0 Å². The Bertz CT molecular complexity index is 2040. The molecule has 2 aromatic heterocycles. The van der Waals surface area contributed by atoms with Gasteiger partial charge in [-0.25, -0.2) is 22.6 Å². The van der Waals surface area contributed by atoms with E-state index in [-0.39, 0.29) is 16.8 Å². The van der Waals surface area contributed by atoms with Crippen LogP contribution in [0, 0.1) is 5.82 Å². The number of nitrogens with zero attached hydrogens (tertiary/aromatic N) is 4. The molecule has 0 saturated heterocycles. The Morgan fingerprint density at radius 1 is 0.863 bits per heavy atom. The monoisotopic (exact) mass is 725 g/mol. The first-order chi connectivity index (χ1) is 24.3. The molecule has 6 rings (SSSR count). The van der Waals surface area contributed by atoms with Crippen LogP contribution < -0.4 is 16.0 Å². The largest absolute Gasteiger partial charge is 0.490 e. The fourth-order valence-electron chi connectivity index (χ4n) is 5.59. The van der Waals surface area contributed by atoms with E-state index in [1.807, 2.05) is 24.4 Å². The van der Waals surface area contributed by atoms with Gasteiger partial charge in [0, 0.05) is 54.8 Å². The number of anilines is 4. The summed E-state index contributed by atoms with van der Waals surface area (Å²) < 4.78 is 73.4. The zero-order valence-electron chi connectivity index (χ0n) is 27.3. The number of sulfonamides is 1. The van der Waals surface area contributed by atoms with Crippen molar-refractivity contribution in [3.05, 3.63) is 109 Å². The van der Waals surface area contributed by atoms with Crippen LogP contribution in [0.2, 0.25) is 0 Å². The summed E-state index contributed by atoms with van der Waals surface area (Å²) in [6.07, 6.45) is 1.73. The van der Waals surface area contributed by atoms with Crippen molar-refractivity contribution in [1.29, 1.82) is 0 Å². The molecule has 16 heteroatoms. The molecule has 3 aromatic carbocycles. The van der Waals surface area contributed by atoms with Gasteiger partial charge in [-0.2, -0.15) is 22.5 Å². The van der Waals surface area contributed by atoms with Gasteiger partial charge in [0.2, 0.25) is 16.0 Å². The van der Waals surface area contributed by atoms with Crippen LogP contribution in [0.5, 0.6) is 0 Å². The van der Waals surface area contributed by atoms with Gasteiger partial charge < -0.3 is 21.1 Å². The normalized spacial score (nSPS) is 16.3. The highest BCUT2D eigenvalue weighted by molar-refractivity contribution is 7.89. The molecule has 5 aromatic rings. The Labute approximate surface area is 291 Å². The van der Waals surface area contributed by atoms with Crippen LogP contribution in [0.4, 0.5) is 40.7 Å². The summed E-state index contributed by atoms with van der Waals surface area (Å²) in [4.78, 5) is 22.3. The van der Waals surface area contributed by atoms with Crippen molar-refractivity contribution < 1.29 is 35.9 Å². The molecule has 1 saturated carbocycles. The lowest BCUT2D eigenvalue weighted by Gasteiger charge is -2.34. The van der Waals surface area contributed by atoms with E-state index < -0.39 is 22.2 Å². The van der Waals surface area contributed by atoms with E-state index in [1.54, 1.807) is 55.7 Å². The number of rotatable bonds is 10. The zero-order valence-corrected chi connectivity index (χ0v) is 28.1. The fourth-order valence-corrected chi connectivity index (χ4v) is 7.01. The van der Waals surface area contributed by atoms with E-state index in [0.29, 0.717) is 29.2 Å². The molecule has 268 valence electrons. The smallest absolute Gasteiger partial charge is 0.475 e. The van der Waals surface area contributed by atoms with E-state index in [9.17, 15) is 26.0 Å². The van der Waals surface area contributed by atoms with E-state index in [2.05, 4.69) is 43.0 Å². The van der Waals surface area contributed by atoms with Gasteiger partial charge in [-0.05, 0) is 98.0 Å². The predicted molar refractivity (Wildman–Crippen MR) is 185 cm³/mol. The number of aromatic nitrogens is 3. The van der Waals surface area contributed by atoms with E-state index in [4.69, 9.17) is 9.90 Å². The molecular weight excluding hydrogens is 690 g/mol. The van der Waals surface area contributed by atoms with Gasteiger partial charge in [0.05, 0.1) is 10.4 Å². The lowest BCUT2D eigenvalue weighted by Crippen LogP contribution is -2.43. The van der Waals surface area contributed by atoms with Gasteiger partial charge in [0.25, 0.3) is 0 Å². The van der Waals surface area contributed by atoms with Crippen LogP contribution in [-0.4, -0.2) is 64.1 Å². The van der Waals surface area contributed by atoms with Crippen LogP contribution in [0.1, 0.15) is 31.2 Å². The Morgan fingerprint density at radius 3 is 2.18 bits per heavy atom. The molecule has 0 spiro atoms. The SMILES string of the molecule is CN(C1CCC(NCc2cccc3ncccc23)CC1)S(=O)(=O)c1ccc(Nc2nccc(Nc3ccc(F)cc3)n2)cc1.O=C(O)C(F)(F)F. The van der Waals surface area contributed by atoms with Gasteiger partial charge >= 0.3 is 12.1 Å². The number of benzene rings is 3. The first-order valence-electron chi connectivity index (χ1n) is 15.9. The molecule has 0 aliphatic heterocycles. The maximum Gasteiger partial charge on any atom is 0.490 e. The lowest BCUT2D eigenvalue weighted by atomic mass is 9.91. The average Bonchev–Trinajstić information content (AvgIpc) is 3.12. The number of aliphatic carboxylic acids is 1. The Balaban J connectivity index is 0.000000654. The molecule has 4 N–H and O–H groups in total. The lowest BCUT2D eigenvalue weighted by molar-refractivity contribution is -0.192. The fraction of sp³-hybridized carbons (Fsp3) is 0.257. The molecule has 0 unspecified atom stereocenters. The summed E-state index contributed by atoms with van der Waals surface area (Å²) >= 11 is 0. The third kappa shape index (κ3) is 9.96. The summed E-state index contributed by atoms with van der Waals surface area (Å²) in [5.74, 6) is -2.20. The average molecular weight is 726 g/mol. The van der Waals surface area contributed by atoms with Crippen molar-refractivity contribution in [2.24, 2.45) is 0 Å².